The maximum Gasteiger partial charge on any atom is 0.276 e. The molecule has 0 fully saturated rings. The van der Waals surface area contributed by atoms with E-state index in [0.717, 1.165) is 5.56 Å². The molecule has 0 aliphatic carbocycles. The summed E-state index contributed by atoms with van der Waals surface area (Å²) in [7, 11) is -3.68. The lowest BCUT2D eigenvalue weighted by Gasteiger charge is -2.08. The van der Waals surface area contributed by atoms with Crippen molar-refractivity contribution in [2.75, 3.05) is 0 Å². The summed E-state index contributed by atoms with van der Waals surface area (Å²) < 4.78 is 29.6. The quantitative estimate of drug-likeness (QED) is 0.695. The van der Waals surface area contributed by atoms with Crippen molar-refractivity contribution >= 4 is 15.7 Å². The molecule has 0 unspecified atom stereocenters. The first kappa shape index (κ1) is 14.3. The number of nitrogens with one attached hydrogen (secondary N) is 1. The van der Waals surface area contributed by atoms with Gasteiger partial charge in [0.05, 0.1) is 11.2 Å². The minimum absolute atomic E-state index is 0.230. The van der Waals surface area contributed by atoms with Gasteiger partial charge in [-0.15, -0.1) is 0 Å². The summed E-state index contributed by atoms with van der Waals surface area (Å²) in [6.45, 7) is 5.26. The first-order valence-corrected chi connectivity index (χ1v) is 7.56. The first-order chi connectivity index (χ1) is 9.40. The van der Waals surface area contributed by atoms with Gasteiger partial charge in [0.2, 0.25) is 0 Å². The standard InChI is InChI=1S/C14H16N2O3S/c1-10-6-7-11(2)14(9-10)20(17,18)16-15-12(3)13-5-4-8-19-13/h4-9,16H,1-3H3. The average molecular weight is 292 g/mol. The summed E-state index contributed by atoms with van der Waals surface area (Å²) in [5.41, 5.74) is 2.01. The second-order valence-corrected chi connectivity index (χ2v) is 6.17. The van der Waals surface area contributed by atoms with Gasteiger partial charge in [0, 0.05) is 0 Å². The van der Waals surface area contributed by atoms with Gasteiger partial charge in [0.25, 0.3) is 10.0 Å². The van der Waals surface area contributed by atoms with Gasteiger partial charge in [-0.1, -0.05) is 12.1 Å². The van der Waals surface area contributed by atoms with E-state index in [9.17, 15) is 8.42 Å². The van der Waals surface area contributed by atoms with E-state index in [1.807, 2.05) is 13.0 Å². The molecule has 1 aromatic carbocycles. The predicted octanol–water partition coefficient (Wildman–Crippen LogP) is 2.60. The average Bonchev–Trinajstić information content (AvgIpc) is 2.93. The highest BCUT2D eigenvalue weighted by atomic mass is 32.2. The Labute approximate surface area is 118 Å². The van der Waals surface area contributed by atoms with Crippen LogP contribution < -0.4 is 4.83 Å². The fourth-order valence-electron chi connectivity index (χ4n) is 1.71. The molecule has 0 saturated heterocycles. The van der Waals surface area contributed by atoms with Crippen LogP contribution in [0.1, 0.15) is 23.8 Å². The molecule has 0 bridgehead atoms. The van der Waals surface area contributed by atoms with E-state index >= 15 is 0 Å². The van der Waals surface area contributed by atoms with Crippen molar-refractivity contribution in [1.29, 1.82) is 0 Å². The monoisotopic (exact) mass is 292 g/mol. The van der Waals surface area contributed by atoms with E-state index in [-0.39, 0.29) is 4.90 Å². The molecule has 0 atom stereocenters. The third-order valence-corrected chi connectivity index (χ3v) is 4.19. The second-order valence-electron chi connectivity index (χ2n) is 4.54. The van der Waals surface area contributed by atoms with E-state index in [4.69, 9.17) is 4.42 Å². The SMILES string of the molecule is CC(=NNS(=O)(=O)c1cc(C)ccc1C)c1ccco1. The Morgan fingerprint density at radius 1 is 1.25 bits per heavy atom. The maximum atomic E-state index is 12.2. The van der Waals surface area contributed by atoms with E-state index in [1.165, 1.54) is 6.26 Å². The molecule has 0 amide bonds. The van der Waals surface area contributed by atoms with Gasteiger partial charge in [-0.3, -0.25) is 0 Å². The highest BCUT2D eigenvalue weighted by Gasteiger charge is 2.16. The molecule has 5 nitrogen and oxygen atoms in total. The molecular formula is C14H16N2O3S. The van der Waals surface area contributed by atoms with Crippen LogP contribution in [0, 0.1) is 13.8 Å². The van der Waals surface area contributed by atoms with Crippen molar-refractivity contribution in [3.8, 4) is 0 Å². The summed E-state index contributed by atoms with van der Waals surface area (Å²) in [6.07, 6.45) is 1.51. The van der Waals surface area contributed by atoms with Crippen LogP contribution in [0.15, 0.2) is 51.0 Å². The number of nitrogens with zero attached hydrogens (tertiary/aromatic N) is 1. The molecule has 0 aliphatic heterocycles. The Hall–Kier alpha value is -2.08. The number of hydrazone groups is 1. The Bertz CT molecular complexity index is 732. The molecule has 0 spiro atoms. The van der Waals surface area contributed by atoms with Crippen molar-refractivity contribution in [2.24, 2.45) is 5.10 Å². The van der Waals surface area contributed by atoms with Gasteiger partial charge < -0.3 is 4.42 Å². The molecule has 1 N–H and O–H groups in total. The third kappa shape index (κ3) is 3.08. The number of aryl methyl sites for hydroxylation is 2. The second kappa shape index (κ2) is 5.50. The highest BCUT2D eigenvalue weighted by Crippen LogP contribution is 2.16. The van der Waals surface area contributed by atoms with Crippen LogP contribution in [0.4, 0.5) is 0 Å². The van der Waals surface area contributed by atoms with Crippen LogP contribution >= 0.6 is 0 Å². The van der Waals surface area contributed by atoms with Gasteiger partial charge in [-0.05, 0) is 50.1 Å². The van der Waals surface area contributed by atoms with Crippen molar-refractivity contribution in [1.82, 2.24) is 4.83 Å². The normalized spacial score (nSPS) is 12.4. The minimum atomic E-state index is -3.68. The van der Waals surface area contributed by atoms with Crippen LogP contribution in [-0.2, 0) is 10.0 Å². The van der Waals surface area contributed by atoms with E-state index in [2.05, 4.69) is 9.93 Å². The molecular weight excluding hydrogens is 276 g/mol. The Morgan fingerprint density at radius 3 is 2.65 bits per heavy atom. The minimum Gasteiger partial charge on any atom is -0.463 e. The topological polar surface area (TPSA) is 71.7 Å². The summed E-state index contributed by atoms with van der Waals surface area (Å²) in [5.74, 6) is 0.522. The Kier molecular flexibility index (Phi) is 3.94. The van der Waals surface area contributed by atoms with Crippen molar-refractivity contribution in [3.05, 3.63) is 53.5 Å². The summed E-state index contributed by atoms with van der Waals surface area (Å²) in [5, 5.41) is 3.87. The highest BCUT2D eigenvalue weighted by molar-refractivity contribution is 7.89. The van der Waals surface area contributed by atoms with Crippen molar-refractivity contribution in [2.45, 2.75) is 25.7 Å². The summed E-state index contributed by atoms with van der Waals surface area (Å²) >= 11 is 0. The van der Waals surface area contributed by atoms with Crippen LogP contribution in [0.5, 0.6) is 0 Å². The molecule has 0 aliphatic rings. The van der Waals surface area contributed by atoms with E-state index in [1.54, 1.807) is 38.1 Å². The van der Waals surface area contributed by atoms with Crippen LogP contribution in [-0.4, -0.2) is 14.1 Å². The summed E-state index contributed by atoms with van der Waals surface area (Å²) in [4.78, 5) is 2.46. The van der Waals surface area contributed by atoms with Gasteiger partial charge >= 0.3 is 0 Å². The number of furan rings is 1. The maximum absolute atomic E-state index is 12.2. The van der Waals surface area contributed by atoms with E-state index in [0.29, 0.717) is 17.0 Å². The van der Waals surface area contributed by atoms with Gasteiger partial charge in [-0.2, -0.15) is 18.4 Å². The zero-order valence-corrected chi connectivity index (χ0v) is 12.4. The number of hydrogen-bond acceptors (Lipinski definition) is 4. The third-order valence-electron chi connectivity index (χ3n) is 2.84. The largest absolute Gasteiger partial charge is 0.463 e. The molecule has 106 valence electrons. The van der Waals surface area contributed by atoms with Gasteiger partial charge in [-0.25, -0.2) is 0 Å². The fourth-order valence-corrected chi connectivity index (χ4v) is 2.90. The molecule has 0 radical (unpaired) electrons. The molecule has 0 saturated carbocycles. The zero-order chi connectivity index (χ0) is 14.8. The number of benzene rings is 1. The zero-order valence-electron chi connectivity index (χ0n) is 11.5. The lowest BCUT2D eigenvalue weighted by molar-refractivity contribution is 0.556. The van der Waals surface area contributed by atoms with Crippen LogP contribution in [0.3, 0.4) is 0 Å². The molecule has 1 heterocycles. The Balaban J connectivity index is 2.28. The van der Waals surface area contributed by atoms with Crippen molar-refractivity contribution in [3.63, 3.8) is 0 Å². The molecule has 2 aromatic rings. The predicted molar refractivity (Wildman–Crippen MR) is 77.2 cm³/mol. The van der Waals surface area contributed by atoms with E-state index < -0.39 is 10.0 Å². The first-order valence-electron chi connectivity index (χ1n) is 6.07. The molecule has 2 rings (SSSR count). The Morgan fingerprint density at radius 2 is 2.00 bits per heavy atom. The van der Waals surface area contributed by atoms with Crippen LogP contribution in [0.2, 0.25) is 0 Å². The molecule has 1 aromatic heterocycles. The smallest absolute Gasteiger partial charge is 0.276 e. The molecule has 6 heteroatoms. The number of rotatable bonds is 4. The fraction of sp³-hybridized carbons (Fsp3) is 0.214. The lowest BCUT2D eigenvalue weighted by Crippen LogP contribution is -2.20. The summed E-state index contributed by atoms with van der Waals surface area (Å²) in [6, 6.07) is 8.69. The van der Waals surface area contributed by atoms with Gasteiger partial charge in [0.15, 0.2) is 0 Å². The number of sulfonamides is 1. The van der Waals surface area contributed by atoms with Gasteiger partial charge in [0.1, 0.15) is 11.5 Å². The molecule has 20 heavy (non-hydrogen) atoms. The number of hydrogen-bond donors (Lipinski definition) is 1. The van der Waals surface area contributed by atoms with Crippen LogP contribution in [0.25, 0.3) is 0 Å². The lowest BCUT2D eigenvalue weighted by atomic mass is 10.2. The van der Waals surface area contributed by atoms with Crippen molar-refractivity contribution < 1.29 is 12.8 Å².